The van der Waals surface area contributed by atoms with E-state index in [0.29, 0.717) is 11.7 Å². The van der Waals surface area contributed by atoms with Crippen molar-refractivity contribution >= 4 is 40.9 Å². The lowest BCUT2D eigenvalue weighted by molar-refractivity contribution is -0.156. The van der Waals surface area contributed by atoms with E-state index in [-0.39, 0.29) is 13.2 Å². The van der Waals surface area contributed by atoms with Gasteiger partial charge in [0.1, 0.15) is 42.0 Å². The summed E-state index contributed by atoms with van der Waals surface area (Å²) in [6.07, 6.45) is 2.70. The number of amides is 1. The van der Waals surface area contributed by atoms with Gasteiger partial charge in [0.15, 0.2) is 0 Å². The highest BCUT2D eigenvalue weighted by Gasteiger charge is 2.29. The number of rotatable bonds is 12. The number of hydrogen-bond donors (Lipinski definition) is 3. The van der Waals surface area contributed by atoms with Crippen LogP contribution in [0.5, 0.6) is 0 Å². The molecule has 3 N–H and O–H groups in total. The van der Waals surface area contributed by atoms with Crippen molar-refractivity contribution in [2.75, 3.05) is 35.2 Å². The Labute approximate surface area is 280 Å². The number of anilines is 3. The summed E-state index contributed by atoms with van der Waals surface area (Å²) in [4.78, 5) is 43.2. The van der Waals surface area contributed by atoms with Crippen LogP contribution in [0.1, 0.15) is 61.2 Å². The van der Waals surface area contributed by atoms with Crippen LogP contribution in [0.25, 0.3) is 0 Å². The minimum Gasteiger partial charge on any atom is -0.458 e. The van der Waals surface area contributed by atoms with Crippen molar-refractivity contribution in [3.63, 3.8) is 0 Å². The normalized spacial score (nSPS) is 14.3. The third kappa shape index (κ3) is 9.89. The van der Waals surface area contributed by atoms with Crippen molar-refractivity contribution in [3.8, 4) is 0 Å². The summed E-state index contributed by atoms with van der Waals surface area (Å²) in [5.74, 6) is 2.09. The van der Waals surface area contributed by atoms with E-state index in [1.807, 2.05) is 43.3 Å². The molecule has 1 unspecified atom stereocenters. The van der Waals surface area contributed by atoms with Crippen LogP contribution in [0.4, 0.5) is 22.2 Å². The van der Waals surface area contributed by atoms with E-state index >= 15 is 0 Å². The first-order valence-corrected chi connectivity index (χ1v) is 16.8. The molecule has 11 nitrogen and oxygen atoms in total. The predicted molar refractivity (Wildman–Crippen MR) is 185 cm³/mol. The quantitative estimate of drug-likeness (QED) is 0.150. The van der Waals surface area contributed by atoms with Crippen molar-refractivity contribution in [1.82, 2.24) is 20.3 Å². The summed E-state index contributed by atoms with van der Waals surface area (Å²) in [6.45, 7) is 9.85. The number of aromatic nitrogens is 3. The Bertz CT molecular complexity index is 1600. The molecular formula is C35H43N7O4S. The zero-order valence-corrected chi connectivity index (χ0v) is 28.2. The number of carbonyl (C=O) groups is 2. The van der Waals surface area contributed by atoms with Gasteiger partial charge in [-0.1, -0.05) is 42.5 Å². The molecule has 12 heteroatoms. The molecule has 1 amide bonds. The molecule has 47 heavy (non-hydrogen) atoms. The largest absolute Gasteiger partial charge is 0.458 e. The Kier molecular flexibility index (Phi) is 11.3. The fourth-order valence-electron chi connectivity index (χ4n) is 5.37. The number of esters is 1. The molecule has 0 radical (unpaired) electrons. The van der Waals surface area contributed by atoms with Crippen LogP contribution < -0.4 is 20.9 Å². The fraction of sp³-hybridized carbons (Fsp3) is 0.400. The van der Waals surface area contributed by atoms with Gasteiger partial charge in [-0.05, 0) is 69.7 Å². The fourth-order valence-corrected chi connectivity index (χ4v) is 6.01. The second kappa shape index (κ2) is 15.7. The first-order valence-electron chi connectivity index (χ1n) is 15.9. The zero-order chi connectivity index (χ0) is 33.2. The van der Waals surface area contributed by atoms with Crippen molar-refractivity contribution in [3.05, 3.63) is 94.1 Å². The molecule has 0 aliphatic carbocycles. The molecule has 1 fully saturated rings. The molecule has 5 rings (SSSR count). The molecular weight excluding hydrogens is 614 g/mol. The van der Waals surface area contributed by atoms with Crippen LogP contribution in [-0.4, -0.2) is 58.3 Å². The number of carbonyl (C=O) groups excluding carboxylic acids is 2. The number of benzene rings is 1. The molecule has 1 aliphatic heterocycles. The van der Waals surface area contributed by atoms with Crippen molar-refractivity contribution < 1.29 is 19.1 Å². The minimum absolute atomic E-state index is 0.0528. The molecule has 248 valence electrons. The van der Waals surface area contributed by atoms with Crippen LogP contribution in [0, 0.1) is 6.92 Å². The predicted octanol–water partition coefficient (Wildman–Crippen LogP) is 6.29. The molecule has 0 bridgehead atoms. The first kappa shape index (κ1) is 33.6. The highest BCUT2D eigenvalue weighted by atomic mass is 32.1. The average Bonchev–Trinajstić information content (AvgIpc) is 3.59. The Morgan fingerprint density at radius 1 is 1.00 bits per heavy atom. The van der Waals surface area contributed by atoms with Crippen LogP contribution in [-0.2, 0) is 27.4 Å². The first-order chi connectivity index (χ1) is 22.6. The van der Waals surface area contributed by atoms with Gasteiger partial charge in [-0.3, -0.25) is 0 Å². The second-order valence-electron chi connectivity index (χ2n) is 12.5. The van der Waals surface area contributed by atoms with Crippen molar-refractivity contribution in [2.45, 2.75) is 71.2 Å². The summed E-state index contributed by atoms with van der Waals surface area (Å²) in [5.41, 5.74) is 2.07. The summed E-state index contributed by atoms with van der Waals surface area (Å²) >= 11 is 1.73. The van der Waals surface area contributed by atoms with Crippen molar-refractivity contribution in [2.24, 2.45) is 0 Å². The zero-order valence-electron chi connectivity index (χ0n) is 27.4. The number of hydrogen-bond acceptors (Lipinski definition) is 11. The Hall–Kier alpha value is -4.71. The molecule has 4 heterocycles. The van der Waals surface area contributed by atoms with Gasteiger partial charge in [0, 0.05) is 41.7 Å². The van der Waals surface area contributed by atoms with Crippen LogP contribution >= 0.6 is 11.3 Å². The van der Waals surface area contributed by atoms with Gasteiger partial charge in [-0.25, -0.2) is 24.5 Å². The topological polar surface area (TPSA) is 131 Å². The SMILES string of the molecule is Cc1c(NCC(NC(=O)OCc2ccccc2)C(=O)OC(C)(C)C)ncnc1N1CCC(c2cccc(NCc3cccs3)n2)CC1. The van der Waals surface area contributed by atoms with Gasteiger partial charge in [-0.2, -0.15) is 0 Å². The highest BCUT2D eigenvalue weighted by molar-refractivity contribution is 7.09. The summed E-state index contributed by atoms with van der Waals surface area (Å²) in [5, 5.41) is 11.4. The minimum atomic E-state index is -1.01. The molecule has 0 saturated carbocycles. The standard InChI is InChI=1S/C35H43N7O4S/c1-24-31(37-21-29(33(43)46-35(2,3)4)41-34(44)45-22-25-10-6-5-7-11-25)38-23-39-32(24)42-17-15-26(16-18-42)28-13-8-14-30(40-28)36-20-27-12-9-19-47-27/h5-14,19,23,26,29H,15-18,20-22H2,1-4H3,(H,36,40)(H,41,44)(H,37,38,39). The van der Waals surface area contributed by atoms with E-state index in [1.165, 1.54) is 11.2 Å². The number of nitrogens with zero attached hydrogens (tertiary/aromatic N) is 4. The van der Waals surface area contributed by atoms with Gasteiger partial charge in [0.2, 0.25) is 0 Å². The summed E-state index contributed by atoms with van der Waals surface area (Å²) in [6, 6.07) is 18.7. The molecule has 1 atom stereocenters. The van der Waals surface area contributed by atoms with Gasteiger partial charge >= 0.3 is 12.1 Å². The molecule has 1 saturated heterocycles. The summed E-state index contributed by atoms with van der Waals surface area (Å²) < 4.78 is 10.9. The van der Waals surface area contributed by atoms with E-state index in [4.69, 9.17) is 14.5 Å². The second-order valence-corrected chi connectivity index (χ2v) is 13.5. The van der Waals surface area contributed by atoms with Crippen LogP contribution in [0.15, 0.2) is 72.4 Å². The van der Waals surface area contributed by atoms with Crippen molar-refractivity contribution in [1.29, 1.82) is 0 Å². The maximum atomic E-state index is 13.1. The lowest BCUT2D eigenvalue weighted by Crippen LogP contribution is -2.48. The summed E-state index contributed by atoms with van der Waals surface area (Å²) in [7, 11) is 0. The molecule has 1 aliphatic rings. The molecule has 1 aromatic carbocycles. The average molecular weight is 658 g/mol. The highest BCUT2D eigenvalue weighted by Crippen LogP contribution is 2.32. The van der Waals surface area contributed by atoms with E-state index in [1.54, 1.807) is 32.1 Å². The maximum Gasteiger partial charge on any atom is 0.408 e. The maximum absolute atomic E-state index is 13.1. The third-order valence-electron chi connectivity index (χ3n) is 7.73. The molecule has 3 aromatic heterocycles. The van der Waals surface area contributed by atoms with E-state index in [2.05, 4.69) is 60.5 Å². The van der Waals surface area contributed by atoms with Crippen LogP contribution in [0.2, 0.25) is 0 Å². The van der Waals surface area contributed by atoms with Gasteiger partial charge in [0.05, 0.1) is 6.54 Å². The monoisotopic (exact) mass is 657 g/mol. The lowest BCUT2D eigenvalue weighted by Gasteiger charge is -2.33. The molecule has 0 spiro atoms. The molecule has 4 aromatic rings. The van der Waals surface area contributed by atoms with Gasteiger partial charge in [-0.15, -0.1) is 11.3 Å². The lowest BCUT2D eigenvalue weighted by atomic mass is 9.93. The van der Waals surface area contributed by atoms with E-state index < -0.39 is 23.7 Å². The smallest absolute Gasteiger partial charge is 0.408 e. The number of alkyl carbamates (subject to hydrolysis) is 1. The number of pyridine rings is 1. The van der Waals surface area contributed by atoms with Crippen LogP contribution in [0.3, 0.4) is 0 Å². The number of nitrogens with one attached hydrogen (secondary N) is 3. The number of ether oxygens (including phenoxy) is 2. The van der Waals surface area contributed by atoms with Gasteiger partial charge < -0.3 is 30.3 Å². The van der Waals surface area contributed by atoms with E-state index in [9.17, 15) is 9.59 Å². The Morgan fingerprint density at radius 2 is 1.79 bits per heavy atom. The number of piperidine rings is 1. The Morgan fingerprint density at radius 3 is 2.51 bits per heavy atom. The number of thiophene rings is 1. The Balaban J connectivity index is 1.18. The van der Waals surface area contributed by atoms with E-state index in [0.717, 1.165) is 60.9 Å². The third-order valence-corrected chi connectivity index (χ3v) is 8.61. The van der Waals surface area contributed by atoms with Gasteiger partial charge in [0.25, 0.3) is 0 Å².